The van der Waals surface area contributed by atoms with Crippen molar-refractivity contribution in [2.75, 3.05) is 53.6 Å². The Hall–Kier alpha value is -1.79. The molecule has 0 bridgehead atoms. The second-order valence-electron chi connectivity index (χ2n) is 6.30. The lowest BCUT2D eigenvalue weighted by Gasteiger charge is -2.18. The van der Waals surface area contributed by atoms with Gasteiger partial charge < -0.3 is 25.0 Å². The molecule has 0 aliphatic heterocycles. The van der Waals surface area contributed by atoms with Crippen molar-refractivity contribution in [1.29, 1.82) is 0 Å². The first kappa shape index (κ1) is 22.3. The highest BCUT2D eigenvalue weighted by molar-refractivity contribution is 5.79. The maximum Gasteiger partial charge on any atom is 0.191 e. The lowest BCUT2D eigenvalue weighted by Crippen LogP contribution is -2.41. The van der Waals surface area contributed by atoms with Crippen molar-refractivity contribution in [1.82, 2.24) is 15.5 Å². The van der Waals surface area contributed by atoms with Crippen LogP contribution in [0.3, 0.4) is 0 Å². The highest BCUT2D eigenvalue weighted by Crippen LogP contribution is 2.19. The molecule has 6 nitrogen and oxygen atoms in total. The van der Waals surface area contributed by atoms with Crippen LogP contribution in [-0.4, -0.2) is 64.4 Å². The first-order valence-corrected chi connectivity index (χ1v) is 9.52. The van der Waals surface area contributed by atoms with Gasteiger partial charge in [0.15, 0.2) is 5.96 Å². The van der Waals surface area contributed by atoms with Crippen LogP contribution >= 0.6 is 0 Å². The first-order valence-electron chi connectivity index (χ1n) is 9.52. The quantitative estimate of drug-likeness (QED) is 0.339. The van der Waals surface area contributed by atoms with Crippen LogP contribution in [0.2, 0.25) is 0 Å². The average Bonchev–Trinajstić information content (AvgIpc) is 2.62. The Morgan fingerprint density at radius 3 is 2.65 bits per heavy atom. The standard InChI is InChI=1S/C20H36N4O2/c1-6-21-20(22-11-13-24(4)12-8-14-25-5)23-16-18-9-10-19(26-7-2)17(3)15-18/h9-10,15H,6-8,11-14,16H2,1-5H3,(H2,21,22,23). The zero-order chi connectivity index (χ0) is 19.2. The van der Waals surface area contributed by atoms with E-state index in [9.17, 15) is 0 Å². The number of rotatable bonds is 12. The number of likely N-dealkylation sites (N-methyl/N-ethyl adjacent to an activating group) is 1. The van der Waals surface area contributed by atoms with Crippen molar-refractivity contribution in [2.24, 2.45) is 4.99 Å². The molecule has 0 saturated carbocycles. The molecule has 2 N–H and O–H groups in total. The molecule has 0 heterocycles. The lowest BCUT2D eigenvalue weighted by molar-refractivity contribution is 0.180. The van der Waals surface area contributed by atoms with Crippen LogP contribution in [0.1, 0.15) is 31.4 Å². The maximum atomic E-state index is 5.59. The Balaban J connectivity index is 2.48. The number of aryl methyl sites for hydroxylation is 1. The van der Waals surface area contributed by atoms with Crippen molar-refractivity contribution in [3.05, 3.63) is 29.3 Å². The van der Waals surface area contributed by atoms with Crippen molar-refractivity contribution >= 4 is 5.96 Å². The van der Waals surface area contributed by atoms with E-state index in [4.69, 9.17) is 9.47 Å². The molecule has 0 amide bonds. The molecule has 26 heavy (non-hydrogen) atoms. The molecule has 0 unspecified atom stereocenters. The fraction of sp³-hybridized carbons (Fsp3) is 0.650. The van der Waals surface area contributed by atoms with Gasteiger partial charge in [-0.05, 0) is 51.4 Å². The Morgan fingerprint density at radius 2 is 2.00 bits per heavy atom. The van der Waals surface area contributed by atoms with Gasteiger partial charge in [-0.1, -0.05) is 12.1 Å². The third kappa shape index (κ3) is 9.06. The summed E-state index contributed by atoms with van der Waals surface area (Å²) >= 11 is 0. The van der Waals surface area contributed by atoms with Crippen molar-refractivity contribution in [2.45, 2.75) is 33.7 Å². The fourth-order valence-electron chi connectivity index (χ4n) is 2.60. The van der Waals surface area contributed by atoms with E-state index in [-0.39, 0.29) is 0 Å². The highest BCUT2D eigenvalue weighted by atomic mass is 16.5. The molecule has 0 fully saturated rings. The van der Waals surface area contributed by atoms with Crippen molar-refractivity contribution < 1.29 is 9.47 Å². The smallest absolute Gasteiger partial charge is 0.191 e. The molecule has 6 heteroatoms. The Morgan fingerprint density at radius 1 is 1.19 bits per heavy atom. The van der Waals surface area contributed by atoms with E-state index in [1.54, 1.807) is 7.11 Å². The van der Waals surface area contributed by atoms with Crippen molar-refractivity contribution in [3.8, 4) is 5.75 Å². The molecule has 0 aromatic heterocycles. The van der Waals surface area contributed by atoms with Crippen LogP contribution in [0.4, 0.5) is 0 Å². The molecule has 0 radical (unpaired) electrons. The summed E-state index contributed by atoms with van der Waals surface area (Å²) in [5.41, 5.74) is 2.33. The van der Waals surface area contributed by atoms with Gasteiger partial charge in [-0.15, -0.1) is 0 Å². The van der Waals surface area contributed by atoms with E-state index in [1.807, 2.05) is 13.0 Å². The van der Waals surface area contributed by atoms with Gasteiger partial charge in [0.05, 0.1) is 13.2 Å². The summed E-state index contributed by atoms with van der Waals surface area (Å²) in [4.78, 5) is 6.98. The van der Waals surface area contributed by atoms with E-state index in [0.29, 0.717) is 13.2 Å². The van der Waals surface area contributed by atoms with Crippen LogP contribution in [0.25, 0.3) is 0 Å². The molecule has 0 aliphatic rings. The molecule has 1 aromatic carbocycles. The molecule has 0 atom stereocenters. The molecule has 148 valence electrons. The summed E-state index contributed by atoms with van der Waals surface area (Å²) in [6, 6.07) is 6.25. The summed E-state index contributed by atoms with van der Waals surface area (Å²) in [5.74, 6) is 1.80. The first-order chi connectivity index (χ1) is 12.6. The van der Waals surface area contributed by atoms with E-state index in [2.05, 4.69) is 53.6 Å². The van der Waals surface area contributed by atoms with E-state index >= 15 is 0 Å². The van der Waals surface area contributed by atoms with Gasteiger partial charge in [0.1, 0.15) is 5.75 Å². The minimum atomic E-state index is 0.645. The van der Waals surface area contributed by atoms with Gasteiger partial charge in [-0.3, -0.25) is 0 Å². The summed E-state index contributed by atoms with van der Waals surface area (Å²) in [6.45, 7) is 12.0. The van der Waals surface area contributed by atoms with Crippen LogP contribution in [0, 0.1) is 6.92 Å². The number of nitrogens with zero attached hydrogens (tertiary/aromatic N) is 2. The molecular weight excluding hydrogens is 328 g/mol. The van der Waals surface area contributed by atoms with Crippen LogP contribution < -0.4 is 15.4 Å². The number of hydrogen-bond acceptors (Lipinski definition) is 4. The van der Waals surface area contributed by atoms with E-state index in [0.717, 1.165) is 56.5 Å². The number of methoxy groups -OCH3 is 1. The minimum absolute atomic E-state index is 0.645. The maximum absolute atomic E-state index is 5.59. The molecular formula is C20H36N4O2. The third-order valence-corrected chi connectivity index (χ3v) is 3.98. The number of guanidine groups is 1. The van der Waals surface area contributed by atoms with E-state index < -0.39 is 0 Å². The summed E-state index contributed by atoms with van der Waals surface area (Å²) < 4.78 is 10.7. The Kier molecular flexibility index (Phi) is 11.5. The molecule has 1 aromatic rings. The monoisotopic (exact) mass is 364 g/mol. The zero-order valence-corrected chi connectivity index (χ0v) is 17.1. The average molecular weight is 365 g/mol. The molecule has 0 saturated heterocycles. The van der Waals surface area contributed by atoms with E-state index in [1.165, 1.54) is 5.56 Å². The molecule has 1 rings (SSSR count). The Bertz CT molecular complexity index is 535. The second-order valence-corrected chi connectivity index (χ2v) is 6.30. The normalized spacial score (nSPS) is 11.7. The van der Waals surface area contributed by atoms with Gasteiger partial charge in [-0.2, -0.15) is 0 Å². The van der Waals surface area contributed by atoms with Crippen LogP contribution in [0.5, 0.6) is 5.75 Å². The van der Waals surface area contributed by atoms with Gasteiger partial charge in [0.25, 0.3) is 0 Å². The number of hydrogen-bond donors (Lipinski definition) is 2. The van der Waals surface area contributed by atoms with Crippen molar-refractivity contribution in [3.63, 3.8) is 0 Å². The SMILES string of the molecule is CCNC(=NCc1ccc(OCC)c(C)c1)NCCN(C)CCCOC. The van der Waals surface area contributed by atoms with Crippen LogP contribution in [0.15, 0.2) is 23.2 Å². The predicted molar refractivity (Wildman–Crippen MR) is 109 cm³/mol. The minimum Gasteiger partial charge on any atom is -0.494 e. The number of nitrogens with one attached hydrogen (secondary N) is 2. The third-order valence-electron chi connectivity index (χ3n) is 3.98. The summed E-state index contributed by atoms with van der Waals surface area (Å²) in [6.07, 6.45) is 1.05. The largest absolute Gasteiger partial charge is 0.494 e. The number of aliphatic imine (C=N–C) groups is 1. The molecule has 0 aliphatic carbocycles. The van der Waals surface area contributed by atoms with Gasteiger partial charge in [0.2, 0.25) is 0 Å². The van der Waals surface area contributed by atoms with Crippen LogP contribution in [-0.2, 0) is 11.3 Å². The summed E-state index contributed by atoms with van der Waals surface area (Å²) in [5, 5.41) is 6.70. The van der Waals surface area contributed by atoms with Gasteiger partial charge >= 0.3 is 0 Å². The Labute approximate surface area is 159 Å². The number of ether oxygens (including phenoxy) is 2. The summed E-state index contributed by atoms with van der Waals surface area (Å²) in [7, 11) is 3.87. The predicted octanol–water partition coefficient (Wildman–Crippen LogP) is 2.42. The topological polar surface area (TPSA) is 58.1 Å². The lowest BCUT2D eigenvalue weighted by atomic mass is 10.1. The fourth-order valence-corrected chi connectivity index (χ4v) is 2.60. The second kappa shape index (κ2) is 13.4. The molecule has 0 spiro atoms. The number of benzene rings is 1. The van der Waals surface area contributed by atoms with Gasteiger partial charge in [0, 0.05) is 39.9 Å². The van der Waals surface area contributed by atoms with Gasteiger partial charge in [-0.25, -0.2) is 4.99 Å². The zero-order valence-electron chi connectivity index (χ0n) is 17.1. The highest BCUT2D eigenvalue weighted by Gasteiger charge is 2.03.